The van der Waals surface area contributed by atoms with Gasteiger partial charge in [0.1, 0.15) is 11.7 Å². The van der Waals surface area contributed by atoms with E-state index in [0.29, 0.717) is 32.6 Å². The van der Waals surface area contributed by atoms with Gasteiger partial charge >= 0.3 is 24.0 Å². The van der Waals surface area contributed by atoms with Crippen LogP contribution < -0.4 is 5.32 Å². The van der Waals surface area contributed by atoms with Crippen LogP contribution in [0.2, 0.25) is 0 Å². The number of ether oxygens (including phenoxy) is 4. The number of unbranched alkanes of at least 4 members (excludes halogenated alkanes) is 21. The fraction of sp³-hybridized carbons (Fsp3) is 0.923. The van der Waals surface area contributed by atoms with Gasteiger partial charge in [-0.2, -0.15) is 0 Å². The molecule has 1 amide bonds. The van der Waals surface area contributed by atoms with Gasteiger partial charge in [-0.1, -0.05) is 156 Å². The van der Waals surface area contributed by atoms with Crippen LogP contribution in [-0.2, 0) is 33.3 Å². The zero-order valence-corrected chi connectivity index (χ0v) is 41.7. The van der Waals surface area contributed by atoms with Crippen LogP contribution in [0.25, 0.3) is 0 Å². The molecule has 0 aliphatic rings. The van der Waals surface area contributed by atoms with Crippen LogP contribution in [0, 0.1) is 5.92 Å². The maximum Gasteiger partial charge on any atom is 0.407 e. The van der Waals surface area contributed by atoms with E-state index in [-0.39, 0.29) is 18.2 Å². The maximum atomic E-state index is 13.0. The molecule has 0 aromatic heterocycles. The highest BCUT2D eigenvalue weighted by Gasteiger charge is 2.29. The molecule has 1 N–H and O–H groups in total. The maximum absolute atomic E-state index is 13.0. The number of hydrogen-bond donors (Lipinski definition) is 1. The SMILES string of the molecule is CCCCCCCC(CCCCCCC)OC(=O)CCCCCCCN(CCCCCCC(C(=O)OCCCCCC)C(=O)OCCCCCC)CCCNC(=O)OC(C)(C)C. The second-order valence-electron chi connectivity index (χ2n) is 18.9. The summed E-state index contributed by atoms with van der Waals surface area (Å²) in [6.07, 6.45) is 33.0. The van der Waals surface area contributed by atoms with Crippen molar-refractivity contribution in [2.24, 2.45) is 5.92 Å². The van der Waals surface area contributed by atoms with Crippen molar-refractivity contribution in [3.05, 3.63) is 0 Å². The number of nitrogens with one attached hydrogen (secondary N) is 1. The monoisotopic (exact) mass is 881 g/mol. The molecule has 0 rings (SSSR count). The number of amides is 1. The first-order chi connectivity index (χ1) is 30.0. The van der Waals surface area contributed by atoms with Crippen LogP contribution in [-0.4, -0.2) is 80.0 Å². The van der Waals surface area contributed by atoms with Gasteiger partial charge in [-0.25, -0.2) is 4.79 Å². The summed E-state index contributed by atoms with van der Waals surface area (Å²) >= 11 is 0. The molecule has 0 aromatic carbocycles. The summed E-state index contributed by atoms with van der Waals surface area (Å²) in [5.41, 5.74) is -0.525. The Kier molecular flexibility index (Phi) is 41.0. The van der Waals surface area contributed by atoms with Gasteiger partial charge in [-0.05, 0) is 111 Å². The molecule has 0 aromatic rings. The van der Waals surface area contributed by atoms with E-state index in [0.717, 1.165) is 161 Å². The molecule has 0 aliphatic carbocycles. The van der Waals surface area contributed by atoms with Crippen molar-refractivity contribution in [2.75, 3.05) is 39.4 Å². The number of alkyl carbamates (subject to hydrolysis) is 1. The number of rotatable bonds is 44. The van der Waals surface area contributed by atoms with Crippen molar-refractivity contribution in [3.8, 4) is 0 Å². The van der Waals surface area contributed by atoms with E-state index in [4.69, 9.17) is 18.9 Å². The Balaban J connectivity index is 4.90. The summed E-state index contributed by atoms with van der Waals surface area (Å²) in [7, 11) is 0. The molecule has 10 heteroatoms. The van der Waals surface area contributed by atoms with Gasteiger partial charge in [-0.15, -0.1) is 0 Å². The lowest BCUT2D eigenvalue weighted by atomic mass is 10.0. The summed E-state index contributed by atoms with van der Waals surface area (Å²) in [5.74, 6) is -1.74. The van der Waals surface area contributed by atoms with Crippen LogP contribution in [0.5, 0.6) is 0 Å². The molecule has 0 heterocycles. The molecule has 10 nitrogen and oxygen atoms in total. The van der Waals surface area contributed by atoms with Crippen molar-refractivity contribution >= 4 is 24.0 Å². The zero-order valence-electron chi connectivity index (χ0n) is 41.7. The van der Waals surface area contributed by atoms with E-state index in [9.17, 15) is 19.2 Å². The number of nitrogens with zero attached hydrogens (tertiary/aromatic N) is 1. The summed E-state index contributed by atoms with van der Waals surface area (Å²) in [4.78, 5) is 53.5. The third kappa shape index (κ3) is 39.2. The Morgan fingerprint density at radius 1 is 0.484 bits per heavy atom. The molecule has 0 saturated heterocycles. The van der Waals surface area contributed by atoms with Crippen molar-refractivity contribution in [1.82, 2.24) is 10.2 Å². The fourth-order valence-corrected chi connectivity index (χ4v) is 7.71. The third-order valence-corrected chi connectivity index (χ3v) is 11.5. The third-order valence-electron chi connectivity index (χ3n) is 11.5. The van der Waals surface area contributed by atoms with Crippen molar-refractivity contribution < 1.29 is 38.1 Å². The Hall–Kier alpha value is -2.36. The average Bonchev–Trinajstić information content (AvgIpc) is 3.22. The second-order valence-corrected chi connectivity index (χ2v) is 18.9. The molecule has 0 unspecified atom stereocenters. The van der Waals surface area contributed by atoms with Crippen molar-refractivity contribution in [1.29, 1.82) is 0 Å². The Bertz CT molecular complexity index is 1020. The lowest BCUT2D eigenvalue weighted by molar-refractivity contribution is -0.162. The minimum Gasteiger partial charge on any atom is -0.465 e. The minimum atomic E-state index is -0.848. The first kappa shape index (κ1) is 59.6. The first-order valence-corrected chi connectivity index (χ1v) is 26.2. The summed E-state index contributed by atoms with van der Waals surface area (Å²) in [6, 6.07) is 0. The van der Waals surface area contributed by atoms with Gasteiger partial charge in [0.25, 0.3) is 0 Å². The molecule has 62 heavy (non-hydrogen) atoms. The van der Waals surface area contributed by atoms with Crippen molar-refractivity contribution in [2.45, 2.75) is 266 Å². The van der Waals surface area contributed by atoms with Gasteiger partial charge in [0, 0.05) is 13.0 Å². The highest BCUT2D eigenvalue weighted by molar-refractivity contribution is 5.94. The van der Waals surface area contributed by atoms with Crippen LogP contribution in [0.1, 0.15) is 254 Å². The predicted molar refractivity (Wildman–Crippen MR) is 256 cm³/mol. The van der Waals surface area contributed by atoms with E-state index >= 15 is 0 Å². The first-order valence-electron chi connectivity index (χ1n) is 26.2. The van der Waals surface area contributed by atoms with Gasteiger partial charge in [0.15, 0.2) is 5.92 Å². The molecule has 0 saturated carbocycles. The molecular weight excluding hydrogens is 781 g/mol. The average molecular weight is 881 g/mol. The molecule has 0 spiro atoms. The largest absolute Gasteiger partial charge is 0.465 e. The van der Waals surface area contributed by atoms with Crippen LogP contribution in [0.4, 0.5) is 4.79 Å². The van der Waals surface area contributed by atoms with Crippen molar-refractivity contribution in [3.63, 3.8) is 0 Å². The lowest BCUT2D eigenvalue weighted by Crippen LogP contribution is -2.35. The van der Waals surface area contributed by atoms with Gasteiger partial charge in [0.2, 0.25) is 0 Å². The summed E-state index contributed by atoms with van der Waals surface area (Å²) in [6.45, 7) is 18.5. The minimum absolute atomic E-state index is 0.0192. The standard InChI is InChI=1S/C52H100N2O8/c1-8-12-16-21-27-36-46(37-28-22-17-13-9-2)61-48(55)39-30-23-20-25-31-41-54(43-35-40-53-51(58)62-52(5,6)7)42-32-26-24-29-38-47(49(56)59-44-33-18-14-10-3)50(57)60-45-34-19-15-11-4/h46-47H,8-45H2,1-7H3,(H,53,58). The van der Waals surface area contributed by atoms with Gasteiger partial charge in [-0.3, -0.25) is 14.4 Å². The van der Waals surface area contributed by atoms with Gasteiger partial charge < -0.3 is 29.2 Å². The van der Waals surface area contributed by atoms with Gasteiger partial charge in [0.05, 0.1) is 13.2 Å². The van der Waals surface area contributed by atoms with E-state index in [1.54, 1.807) is 0 Å². The highest BCUT2D eigenvalue weighted by atomic mass is 16.6. The second kappa shape index (κ2) is 42.6. The molecule has 366 valence electrons. The summed E-state index contributed by atoms with van der Waals surface area (Å²) < 4.78 is 22.5. The lowest BCUT2D eigenvalue weighted by Gasteiger charge is -2.23. The Labute approximate surface area is 382 Å². The zero-order chi connectivity index (χ0) is 45.9. The van der Waals surface area contributed by atoms with E-state index < -0.39 is 23.5 Å². The topological polar surface area (TPSA) is 120 Å². The van der Waals surface area contributed by atoms with Crippen LogP contribution in [0.3, 0.4) is 0 Å². The van der Waals surface area contributed by atoms with E-state index in [1.807, 2.05) is 20.8 Å². The number of esters is 3. The normalized spacial score (nSPS) is 11.7. The van der Waals surface area contributed by atoms with E-state index in [2.05, 4.69) is 37.9 Å². The Morgan fingerprint density at radius 3 is 1.37 bits per heavy atom. The molecule has 0 radical (unpaired) electrons. The number of carbonyl (C=O) groups is 4. The number of carbonyl (C=O) groups excluding carboxylic acids is 4. The van der Waals surface area contributed by atoms with Crippen LogP contribution in [0.15, 0.2) is 0 Å². The predicted octanol–water partition coefficient (Wildman–Crippen LogP) is 14.0. The number of hydrogen-bond acceptors (Lipinski definition) is 9. The van der Waals surface area contributed by atoms with Crippen LogP contribution >= 0.6 is 0 Å². The smallest absolute Gasteiger partial charge is 0.407 e. The Morgan fingerprint density at radius 2 is 0.887 bits per heavy atom. The highest BCUT2D eigenvalue weighted by Crippen LogP contribution is 2.19. The molecule has 0 fully saturated rings. The molecule has 0 aliphatic heterocycles. The molecule has 0 atom stereocenters. The summed E-state index contributed by atoms with van der Waals surface area (Å²) in [5, 5.41) is 2.89. The fourth-order valence-electron chi connectivity index (χ4n) is 7.71. The quantitative estimate of drug-likeness (QED) is 0.0276. The molecular formula is C52H100N2O8. The molecule has 0 bridgehead atoms. The van der Waals surface area contributed by atoms with E-state index in [1.165, 1.54) is 51.4 Å².